The van der Waals surface area contributed by atoms with Crippen LogP contribution in [0.15, 0.2) is 22.8 Å². The average molecular weight is 166 g/mol. The summed E-state index contributed by atoms with van der Waals surface area (Å²) in [5.41, 5.74) is 0. The molecular formula is C10H14O2. The second kappa shape index (κ2) is 4.10. The predicted octanol–water partition coefficient (Wildman–Crippen LogP) is 2.75. The standard InChI is InChI=1S/C10H14O2/c1-3-9(7-8(2)11)10-5-4-6-12-10/h4-6,9H,3,7H2,1-2H3/t9-/m1/s1. The molecule has 0 N–H and O–H groups in total. The summed E-state index contributed by atoms with van der Waals surface area (Å²) in [5, 5.41) is 0. The third-order valence-electron chi connectivity index (χ3n) is 1.97. The van der Waals surface area contributed by atoms with Crippen LogP contribution in [0.25, 0.3) is 0 Å². The molecule has 0 bridgehead atoms. The molecule has 0 aromatic carbocycles. The van der Waals surface area contributed by atoms with Gasteiger partial charge in [-0.25, -0.2) is 0 Å². The number of hydrogen-bond donors (Lipinski definition) is 0. The van der Waals surface area contributed by atoms with Crippen LogP contribution in [0.1, 0.15) is 38.4 Å². The normalized spacial score (nSPS) is 12.8. The molecule has 66 valence electrons. The lowest BCUT2D eigenvalue weighted by molar-refractivity contribution is -0.117. The fraction of sp³-hybridized carbons (Fsp3) is 0.500. The Morgan fingerprint density at radius 1 is 1.67 bits per heavy atom. The quantitative estimate of drug-likeness (QED) is 0.688. The Labute approximate surface area is 72.6 Å². The van der Waals surface area contributed by atoms with E-state index in [0.717, 1.165) is 12.2 Å². The Morgan fingerprint density at radius 3 is 2.83 bits per heavy atom. The molecular weight excluding hydrogens is 152 g/mol. The van der Waals surface area contributed by atoms with Crippen LogP contribution in [-0.4, -0.2) is 5.78 Å². The van der Waals surface area contributed by atoms with Crippen LogP contribution in [0.5, 0.6) is 0 Å². The van der Waals surface area contributed by atoms with Crippen LogP contribution in [-0.2, 0) is 4.79 Å². The van der Waals surface area contributed by atoms with Gasteiger partial charge in [0.25, 0.3) is 0 Å². The molecule has 1 heterocycles. The summed E-state index contributed by atoms with van der Waals surface area (Å²) in [6.07, 6.45) is 3.19. The van der Waals surface area contributed by atoms with Crippen molar-refractivity contribution >= 4 is 5.78 Å². The molecule has 1 rings (SSSR count). The zero-order valence-electron chi connectivity index (χ0n) is 7.54. The summed E-state index contributed by atoms with van der Waals surface area (Å²) in [5.74, 6) is 1.41. The van der Waals surface area contributed by atoms with Gasteiger partial charge in [-0.15, -0.1) is 0 Å². The highest BCUT2D eigenvalue weighted by Gasteiger charge is 2.13. The summed E-state index contributed by atoms with van der Waals surface area (Å²) in [6.45, 7) is 3.68. The van der Waals surface area contributed by atoms with Crippen LogP contribution >= 0.6 is 0 Å². The highest BCUT2D eigenvalue weighted by Crippen LogP contribution is 2.23. The van der Waals surface area contributed by atoms with E-state index in [-0.39, 0.29) is 11.7 Å². The second-order valence-corrected chi connectivity index (χ2v) is 3.03. The molecule has 0 spiro atoms. The number of ketones is 1. The monoisotopic (exact) mass is 166 g/mol. The number of Topliss-reactive ketones (excluding diaryl/α,β-unsaturated/α-hetero) is 1. The smallest absolute Gasteiger partial charge is 0.130 e. The maximum Gasteiger partial charge on any atom is 0.130 e. The Bertz CT molecular complexity index is 236. The van der Waals surface area contributed by atoms with Crippen LogP contribution < -0.4 is 0 Å². The molecule has 1 aromatic rings. The van der Waals surface area contributed by atoms with E-state index in [0.29, 0.717) is 6.42 Å². The predicted molar refractivity (Wildman–Crippen MR) is 47.0 cm³/mol. The van der Waals surface area contributed by atoms with Crippen LogP contribution in [0.4, 0.5) is 0 Å². The van der Waals surface area contributed by atoms with Crippen molar-refractivity contribution in [2.75, 3.05) is 0 Å². The van der Waals surface area contributed by atoms with E-state index in [1.165, 1.54) is 0 Å². The largest absolute Gasteiger partial charge is 0.469 e. The Morgan fingerprint density at radius 2 is 2.42 bits per heavy atom. The molecule has 0 aliphatic rings. The minimum Gasteiger partial charge on any atom is -0.469 e. The van der Waals surface area contributed by atoms with E-state index in [4.69, 9.17) is 4.42 Å². The third-order valence-corrected chi connectivity index (χ3v) is 1.97. The molecule has 1 aromatic heterocycles. The summed E-state index contributed by atoms with van der Waals surface area (Å²) in [7, 11) is 0. The minimum absolute atomic E-state index is 0.221. The summed E-state index contributed by atoms with van der Waals surface area (Å²) in [6, 6.07) is 3.79. The van der Waals surface area contributed by atoms with Gasteiger partial charge < -0.3 is 9.21 Å². The van der Waals surface area contributed by atoms with Crippen molar-refractivity contribution in [2.45, 2.75) is 32.6 Å². The van der Waals surface area contributed by atoms with E-state index in [1.807, 2.05) is 12.1 Å². The van der Waals surface area contributed by atoms with Gasteiger partial charge in [0.05, 0.1) is 6.26 Å². The fourth-order valence-corrected chi connectivity index (χ4v) is 1.32. The summed E-state index contributed by atoms with van der Waals surface area (Å²) in [4.78, 5) is 10.9. The minimum atomic E-state index is 0.221. The van der Waals surface area contributed by atoms with Gasteiger partial charge in [0.15, 0.2) is 0 Å². The summed E-state index contributed by atoms with van der Waals surface area (Å²) < 4.78 is 5.24. The van der Waals surface area contributed by atoms with Crippen molar-refractivity contribution in [3.63, 3.8) is 0 Å². The third kappa shape index (κ3) is 2.22. The van der Waals surface area contributed by atoms with E-state index in [2.05, 4.69) is 6.92 Å². The van der Waals surface area contributed by atoms with E-state index < -0.39 is 0 Å². The Hall–Kier alpha value is -1.05. The lowest BCUT2D eigenvalue weighted by atomic mass is 9.98. The van der Waals surface area contributed by atoms with Crippen LogP contribution in [0, 0.1) is 0 Å². The first kappa shape index (κ1) is 9.04. The van der Waals surface area contributed by atoms with E-state index in [9.17, 15) is 4.79 Å². The van der Waals surface area contributed by atoms with Gasteiger partial charge in [-0.3, -0.25) is 0 Å². The Kier molecular flexibility index (Phi) is 3.09. The molecule has 0 amide bonds. The maximum absolute atomic E-state index is 10.9. The molecule has 2 nitrogen and oxygen atoms in total. The number of furan rings is 1. The number of carbonyl (C=O) groups is 1. The highest BCUT2D eigenvalue weighted by molar-refractivity contribution is 5.76. The van der Waals surface area contributed by atoms with Gasteiger partial charge >= 0.3 is 0 Å². The zero-order valence-corrected chi connectivity index (χ0v) is 7.54. The first-order valence-corrected chi connectivity index (χ1v) is 4.27. The topological polar surface area (TPSA) is 30.2 Å². The van der Waals surface area contributed by atoms with Crippen LogP contribution in [0.2, 0.25) is 0 Å². The number of carbonyl (C=O) groups excluding carboxylic acids is 1. The molecule has 0 unspecified atom stereocenters. The molecule has 0 saturated carbocycles. The Balaban J connectivity index is 2.63. The van der Waals surface area contributed by atoms with Crippen molar-refractivity contribution in [1.29, 1.82) is 0 Å². The van der Waals surface area contributed by atoms with Gasteiger partial charge in [-0.1, -0.05) is 6.92 Å². The molecule has 0 aliphatic carbocycles. The van der Waals surface area contributed by atoms with E-state index in [1.54, 1.807) is 13.2 Å². The van der Waals surface area contributed by atoms with Crippen molar-refractivity contribution < 1.29 is 9.21 Å². The first-order chi connectivity index (χ1) is 5.74. The lowest BCUT2D eigenvalue weighted by Crippen LogP contribution is -2.01. The zero-order chi connectivity index (χ0) is 8.97. The maximum atomic E-state index is 10.9. The second-order valence-electron chi connectivity index (χ2n) is 3.03. The van der Waals surface area contributed by atoms with Crippen molar-refractivity contribution in [3.8, 4) is 0 Å². The van der Waals surface area contributed by atoms with Gasteiger partial charge in [0, 0.05) is 12.3 Å². The molecule has 2 heteroatoms. The molecule has 0 aliphatic heterocycles. The molecule has 12 heavy (non-hydrogen) atoms. The molecule has 1 atom stereocenters. The molecule has 0 saturated heterocycles. The number of rotatable bonds is 4. The lowest BCUT2D eigenvalue weighted by Gasteiger charge is -2.08. The summed E-state index contributed by atoms with van der Waals surface area (Å²) >= 11 is 0. The van der Waals surface area contributed by atoms with Gasteiger partial charge in [0.1, 0.15) is 11.5 Å². The van der Waals surface area contributed by atoms with Crippen molar-refractivity contribution in [1.82, 2.24) is 0 Å². The number of hydrogen-bond acceptors (Lipinski definition) is 2. The van der Waals surface area contributed by atoms with E-state index >= 15 is 0 Å². The van der Waals surface area contributed by atoms with Crippen LogP contribution in [0.3, 0.4) is 0 Å². The average Bonchev–Trinajstić information content (AvgIpc) is 2.51. The SMILES string of the molecule is CC[C@H](CC(C)=O)c1ccco1. The van der Waals surface area contributed by atoms with Gasteiger partial charge in [0.2, 0.25) is 0 Å². The van der Waals surface area contributed by atoms with Gasteiger partial charge in [-0.2, -0.15) is 0 Å². The van der Waals surface area contributed by atoms with Gasteiger partial charge in [-0.05, 0) is 25.5 Å². The molecule has 0 fully saturated rings. The fourth-order valence-electron chi connectivity index (χ4n) is 1.32. The van der Waals surface area contributed by atoms with Crippen molar-refractivity contribution in [2.24, 2.45) is 0 Å². The van der Waals surface area contributed by atoms with Crippen molar-refractivity contribution in [3.05, 3.63) is 24.2 Å². The highest BCUT2D eigenvalue weighted by atomic mass is 16.3. The molecule has 0 radical (unpaired) electrons. The first-order valence-electron chi connectivity index (χ1n) is 4.27.